The molecule has 0 aromatic rings. The van der Waals surface area contributed by atoms with Crippen LogP contribution in [0.3, 0.4) is 0 Å². The average Bonchev–Trinajstić information content (AvgIpc) is 2.23. The van der Waals surface area contributed by atoms with Crippen molar-refractivity contribution in [3.63, 3.8) is 0 Å². The van der Waals surface area contributed by atoms with E-state index in [1.807, 2.05) is 6.08 Å². The van der Waals surface area contributed by atoms with Gasteiger partial charge in [0.25, 0.3) is 0 Å². The van der Waals surface area contributed by atoms with Gasteiger partial charge in [-0.1, -0.05) is 65.7 Å². The lowest BCUT2D eigenvalue weighted by atomic mass is 9.87. The van der Waals surface area contributed by atoms with E-state index in [0.717, 1.165) is 12.3 Å². The summed E-state index contributed by atoms with van der Waals surface area (Å²) in [7, 11) is 0. The Balaban J connectivity index is 3.98. The topological polar surface area (TPSA) is 0 Å². The van der Waals surface area contributed by atoms with Crippen LogP contribution in [0.1, 0.15) is 60.3 Å². The summed E-state index contributed by atoms with van der Waals surface area (Å²) in [5, 5.41) is 0. The van der Waals surface area contributed by atoms with Crippen molar-refractivity contribution in [2.75, 3.05) is 0 Å². The third-order valence-electron chi connectivity index (χ3n) is 3.36. The second kappa shape index (κ2) is 7.70. The minimum atomic E-state index is 0.270. The SMILES string of the molecule is C=CCC(C)(C)C=CC(C)CCC(C)CC. The molecule has 0 heterocycles. The molecule has 94 valence electrons. The molecule has 0 saturated heterocycles. The van der Waals surface area contributed by atoms with Crippen molar-refractivity contribution in [3.8, 4) is 0 Å². The first kappa shape index (κ1) is 15.5. The normalized spacial score (nSPS) is 16.3. The summed E-state index contributed by atoms with van der Waals surface area (Å²) >= 11 is 0. The molecule has 0 saturated carbocycles. The van der Waals surface area contributed by atoms with Crippen LogP contribution in [0.2, 0.25) is 0 Å². The molecule has 0 aliphatic rings. The molecule has 0 heteroatoms. The minimum absolute atomic E-state index is 0.270. The standard InChI is InChI=1S/C16H30/c1-7-12-16(5,6)13-11-15(4)10-9-14(3)8-2/h7,11,13-15H,1,8-10,12H2,2-6H3. The number of hydrogen-bond acceptors (Lipinski definition) is 0. The quantitative estimate of drug-likeness (QED) is 0.468. The maximum atomic E-state index is 3.81. The van der Waals surface area contributed by atoms with Gasteiger partial charge in [0.05, 0.1) is 0 Å². The van der Waals surface area contributed by atoms with Crippen LogP contribution in [-0.2, 0) is 0 Å². The average molecular weight is 222 g/mol. The summed E-state index contributed by atoms with van der Waals surface area (Å²) in [6.45, 7) is 15.3. The zero-order valence-electron chi connectivity index (χ0n) is 11.9. The van der Waals surface area contributed by atoms with Crippen LogP contribution in [0, 0.1) is 17.3 Å². The largest absolute Gasteiger partial charge is 0.103 e. The highest BCUT2D eigenvalue weighted by molar-refractivity contribution is 4.99. The third kappa shape index (κ3) is 7.73. The number of allylic oxidation sites excluding steroid dienone is 3. The molecule has 0 amide bonds. The summed E-state index contributed by atoms with van der Waals surface area (Å²) in [4.78, 5) is 0. The molecule has 2 unspecified atom stereocenters. The van der Waals surface area contributed by atoms with Gasteiger partial charge in [-0.15, -0.1) is 6.58 Å². The summed E-state index contributed by atoms with van der Waals surface area (Å²) in [6, 6.07) is 0. The van der Waals surface area contributed by atoms with Gasteiger partial charge in [-0.3, -0.25) is 0 Å². The van der Waals surface area contributed by atoms with E-state index < -0.39 is 0 Å². The molecule has 2 atom stereocenters. The van der Waals surface area contributed by atoms with E-state index in [1.165, 1.54) is 19.3 Å². The van der Waals surface area contributed by atoms with Gasteiger partial charge in [-0.2, -0.15) is 0 Å². The van der Waals surface area contributed by atoms with E-state index in [0.29, 0.717) is 5.92 Å². The molecule has 0 nitrogen and oxygen atoms in total. The van der Waals surface area contributed by atoms with Crippen molar-refractivity contribution in [1.29, 1.82) is 0 Å². The number of hydrogen-bond donors (Lipinski definition) is 0. The highest BCUT2D eigenvalue weighted by Crippen LogP contribution is 2.24. The van der Waals surface area contributed by atoms with Gasteiger partial charge in [0.1, 0.15) is 0 Å². The summed E-state index contributed by atoms with van der Waals surface area (Å²) in [6.07, 6.45) is 11.8. The summed E-state index contributed by atoms with van der Waals surface area (Å²) < 4.78 is 0. The molecule has 0 aromatic carbocycles. The van der Waals surface area contributed by atoms with Crippen LogP contribution in [-0.4, -0.2) is 0 Å². The Morgan fingerprint density at radius 2 is 1.81 bits per heavy atom. The molecule has 0 rings (SSSR count). The Labute approximate surface area is 103 Å². The first-order valence-corrected chi connectivity index (χ1v) is 6.71. The van der Waals surface area contributed by atoms with Crippen molar-refractivity contribution in [2.24, 2.45) is 17.3 Å². The van der Waals surface area contributed by atoms with Crippen LogP contribution >= 0.6 is 0 Å². The minimum Gasteiger partial charge on any atom is -0.103 e. The second-order valence-electron chi connectivity index (χ2n) is 5.91. The monoisotopic (exact) mass is 222 g/mol. The fourth-order valence-electron chi connectivity index (χ4n) is 1.71. The number of rotatable bonds is 8. The molecule has 0 spiro atoms. The van der Waals surface area contributed by atoms with E-state index >= 15 is 0 Å². The van der Waals surface area contributed by atoms with Crippen LogP contribution < -0.4 is 0 Å². The second-order valence-corrected chi connectivity index (χ2v) is 5.91. The molecule has 0 N–H and O–H groups in total. The first-order valence-electron chi connectivity index (χ1n) is 6.71. The lowest BCUT2D eigenvalue weighted by Gasteiger charge is -2.19. The Morgan fingerprint density at radius 1 is 1.19 bits per heavy atom. The Morgan fingerprint density at radius 3 is 2.31 bits per heavy atom. The van der Waals surface area contributed by atoms with E-state index in [9.17, 15) is 0 Å². The van der Waals surface area contributed by atoms with Crippen LogP contribution in [0.25, 0.3) is 0 Å². The van der Waals surface area contributed by atoms with Crippen LogP contribution in [0.4, 0.5) is 0 Å². The zero-order valence-corrected chi connectivity index (χ0v) is 11.9. The fraction of sp³-hybridized carbons (Fsp3) is 0.750. The molecule has 0 aliphatic heterocycles. The van der Waals surface area contributed by atoms with Gasteiger partial charge < -0.3 is 0 Å². The van der Waals surface area contributed by atoms with Crippen molar-refractivity contribution in [2.45, 2.75) is 60.3 Å². The lowest BCUT2D eigenvalue weighted by Crippen LogP contribution is -2.06. The van der Waals surface area contributed by atoms with E-state index in [1.54, 1.807) is 0 Å². The highest BCUT2D eigenvalue weighted by Gasteiger charge is 2.11. The van der Waals surface area contributed by atoms with Gasteiger partial charge in [0.15, 0.2) is 0 Å². The fourth-order valence-corrected chi connectivity index (χ4v) is 1.71. The Bertz CT molecular complexity index is 210. The van der Waals surface area contributed by atoms with E-state index in [4.69, 9.17) is 0 Å². The van der Waals surface area contributed by atoms with Gasteiger partial charge in [-0.05, 0) is 30.1 Å². The van der Waals surface area contributed by atoms with Gasteiger partial charge >= 0.3 is 0 Å². The molecule has 0 fully saturated rings. The lowest BCUT2D eigenvalue weighted by molar-refractivity contribution is 0.450. The Hall–Kier alpha value is -0.520. The van der Waals surface area contributed by atoms with Crippen molar-refractivity contribution in [1.82, 2.24) is 0 Å². The van der Waals surface area contributed by atoms with Gasteiger partial charge in [0.2, 0.25) is 0 Å². The molecule has 16 heavy (non-hydrogen) atoms. The molecule has 0 radical (unpaired) electrons. The van der Waals surface area contributed by atoms with Crippen LogP contribution in [0.5, 0.6) is 0 Å². The molecular formula is C16H30. The van der Waals surface area contributed by atoms with Gasteiger partial charge in [0, 0.05) is 0 Å². The molecule has 0 aromatic heterocycles. The van der Waals surface area contributed by atoms with Crippen LogP contribution in [0.15, 0.2) is 24.8 Å². The maximum absolute atomic E-state index is 3.81. The smallest absolute Gasteiger partial charge is 0.0140 e. The van der Waals surface area contributed by atoms with Crippen molar-refractivity contribution in [3.05, 3.63) is 24.8 Å². The first-order chi connectivity index (χ1) is 7.41. The third-order valence-corrected chi connectivity index (χ3v) is 3.36. The molecular weight excluding hydrogens is 192 g/mol. The van der Waals surface area contributed by atoms with E-state index in [-0.39, 0.29) is 5.41 Å². The van der Waals surface area contributed by atoms with E-state index in [2.05, 4.69) is 53.3 Å². The molecule has 0 bridgehead atoms. The predicted molar refractivity (Wildman–Crippen MR) is 75.6 cm³/mol. The molecule has 0 aliphatic carbocycles. The predicted octanol–water partition coefficient (Wildman–Crippen LogP) is 5.61. The highest BCUT2D eigenvalue weighted by atomic mass is 14.2. The maximum Gasteiger partial charge on any atom is -0.0140 e. The summed E-state index contributed by atoms with van der Waals surface area (Å²) in [5.41, 5.74) is 0.270. The van der Waals surface area contributed by atoms with Crippen molar-refractivity contribution < 1.29 is 0 Å². The Kier molecular flexibility index (Phi) is 7.45. The van der Waals surface area contributed by atoms with Crippen molar-refractivity contribution >= 4 is 0 Å². The summed E-state index contributed by atoms with van der Waals surface area (Å²) in [5.74, 6) is 1.58. The zero-order chi connectivity index (χ0) is 12.6. The van der Waals surface area contributed by atoms with Gasteiger partial charge in [-0.25, -0.2) is 0 Å².